The molecule has 0 bridgehead atoms. The summed E-state index contributed by atoms with van der Waals surface area (Å²) in [5.41, 5.74) is 1.06. The summed E-state index contributed by atoms with van der Waals surface area (Å²) in [5, 5.41) is 6.41. The largest absolute Gasteiger partial charge is 0.267 e. The summed E-state index contributed by atoms with van der Waals surface area (Å²) >= 11 is 5.25. The molecule has 68 valence electrons. The highest BCUT2D eigenvalue weighted by Gasteiger charge is 2.02. The molecular weight excluding hydrogens is 248 g/mol. The van der Waals surface area contributed by atoms with E-state index in [9.17, 15) is 0 Å². The third-order valence-corrected chi connectivity index (χ3v) is 3.68. The fourth-order valence-corrected chi connectivity index (χ4v) is 2.61. The summed E-state index contributed by atoms with van der Waals surface area (Å²) in [6.45, 7) is 2.85. The van der Waals surface area contributed by atoms with E-state index in [0.717, 1.165) is 12.2 Å². The van der Waals surface area contributed by atoms with Crippen LogP contribution in [0.4, 0.5) is 0 Å². The van der Waals surface area contributed by atoms with Gasteiger partial charge in [-0.25, -0.2) is 0 Å². The molecule has 0 saturated heterocycles. The van der Waals surface area contributed by atoms with Gasteiger partial charge in [0.15, 0.2) is 0 Å². The quantitative estimate of drug-likeness (QED) is 0.808. The molecular formula is C9H9BrN2S. The minimum atomic E-state index is 0.853. The summed E-state index contributed by atoms with van der Waals surface area (Å²) in [4.78, 5) is 1.31. The SMILES string of the molecule is Cc1ccn(Cc2sccc2Br)n1. The van der Waals surface area contributed by atoms with Crippen molar-refractivity contribution in [3.05, 3.63) is 38.8 Å². The molecule has 2 nitrogen and oxygen atoms in total. The second-order valence-electron chi connectivity index (χ2n) is 2.85. The Bertz CT molecular complexity index is 405. The van der Waals surface area contributed by atoms with E-state index in [1.165, 1.54) is 9.35 Å². The molecule has 0 atom stereocenters. The van der Waals surface area contributed by atoms with Gasteiger partial charge in [0.25, 0.3) is 0 Å². The maximum atomic E-state index is 4.33. The second kappa shape index (κ2) is 3.64. The molecule has 0 N–H and O–H groups in total. The van der Waals surface area contributed by atoms with Crippen LogP contribution < -0.4 is 0 Å². The lowest BCUT2D eigenvalue weighted by Gasteiger charge is -1.98. The van der Waals surface area contributed by atoms with Gasteiger partial charge < -0.3 is 0 Å². The summed E-state index contributed by atoms with van der Waals surface area (Å²) in [5.74, 6) is 0. The van der Waals surface area contributed by atoms with E-state index < -0.39 is 0 Å². The van der Waals surface area contributed by atoms with Gasteiger partial charge in [-0.3, -0.25) is 4.68 Å². The lowest BCUT2D eigenvalue weighted by Crippen LogP contribution is -1.98. The van der Waals surface area contributed by atoms with Crippen molar-refractivity contribution in [3.63, 3.8) is 0 Å². The van der Waals surface area contributed by atoms with Crippen molar-refractivity contribution in [2.75, 3.05) is 0 Å². The summed E-state index contributed by atoms with van der Waals surface area (Å²) in [6.07, 6.45) is 2.00. The molecule has 0 unspecified atom stereocenters. The average molecular weight is 257 g/mol. The zero-order chi connectivity index (χ0) is 9.26. The van der Waals surface area contributed by atoms with E-state index in [2.05, 4.69) is 32.5 Å². The third-order valence-electron chi connectivity index (χ3n) is 1.77. The minimum Gasteiger partial charge on any atom is -0.267 e. The molecule has 0 aromatic carbocycles. The molecule has 13 heavy (non-hydrogen) atoms. The van der Waals surface area contributed by atoms with Gasteiger partial charge in [-0.05, 0) is 40.4 Å². The normalized spacial score (nSPS) is 10.6. The van der Waals surface area contributed by atoms with Gasteiger partial charge >= 0.3 is 0 Å². The van der Waals surface area contributed by atoms with Crippen molar-refractivity contribution in [2.24, 2.45) is 0 Å². The first kappa shape index (κ1) is 8.97. The molecule has 0 aliphatic rings. The van der Waals surface area contributed by atoms with Crippen LogP contribution in [0.25, 0.3) is 0 Å². The van der Waals surface area contributed by atoms with Gasteiger partial charge in [0, 0.05) is 15.5 Å². The van der Waals surface area contributed by atoms with Crippen LogP contribution in [-0.4, -0.2) is 9.78 Å². The first-order valence-corrected chi connectivity index (χ1v) is 5.65. The van der Waals surface area contributed by atoms with Crippen molar-refractivity contribution in [3.8, 4) is 0 Å². The van der Waals surface area contributed by atoms with Gasteiger partial charge in [-0.15, -0.1) is 11.3 Å². The topological polar surface area (TPSA) is 17.8 Å². The van der Waals surface area contributed by atoms with E-state index >= 15 is 0 Å². The molecule has 2 aromatic heterocycles. The highest BCUT2D eigenvalue weighted by molar-refractivity contribution is 9.10. The Morgan fingerprint density at radius 1 is 1.54 bits per heavy atom. The van der Waals surface area contributed by atoms with E-state index in [1.54, 1.807) is 11.3 Å². The zero-order valence-corrected chi connectivity index (χ0v) is 9.60. The van der Waals surface area contributed by atoms with Crippen molar-refractivity contribution in [1.82, 2.24) is 9.78 Å². The van der Waals surface area contributed by atoms with Crippen LogP contribution in [0.2, 0.25) is 0 Å². The number of thiophene rings is 1. The van der Waals surface area contributed by atoms with Crippen LogP contribution in [0.5, 0.6) is 0 Å². The number of nitrogens with zero attached hydrogens (tertiary/aromatic N) is 2. The van der Waals surface area contributed by atoms with Crippen molar-refractivity contribution >= 4 is 27.3 Å². The number of aryl methyl sites for hydroxylation is 1. The highest BCUT2D eigenvalue weighted by Crippen LogP contribution is 2.23. The van der Waals surface area contributed by atoms with Crippen molar-refractivity contribution in [1.29, 1.82) is 0 Å². The molecule has 2 aromatic rings. The zero-order valence-electron chi connectivity index (χ0n) is 7.20. The van der Waals surface area contributed by atoms with Gasteiger partial charge in [-0.2, -0.15) is 5.10 Å². The molecule has 2 heterocycles. The molecule has 0 saturated carbocycles. The smallest absolute Gasteiger partial charge is 0.0763 e. The predicted octanol–water partition coefficient (Wildman–Crippen LogP) is 3.06. The monoisotopic (exact) mass is 256 g/mol. The second-order valence-corrected chi connectivity index (χ2v) is 4.70. The third kappa shape index (κ3) is 2.00. The first-order chi connectivity index (χ1) is 6.25. The number of halogens is 1. The Kier molecular flexibility index (Phi) is 2.51. The lowest BCUT2D eigenvalue weighted by molar-refractivity contribution is 0.685. The Morgan fingerprint density at radius 3 is 2.92 bits per heavy atom. The highest BCUT2D eigenvalue weighted by atomic mass is 79.9. The standard InChI is InChI=1S/C9H9BrN2S/c1-7-2-4-12(11-7)6-9-8(10)3-5-13-9/h2-5H,6H2,1H3. The van der Waals surface area contributed by atoms with Gasteiger partial charge in [0.05, 0.1) is 12.2 Å². The minimum absolute atomic E-state index is 0.853. The summed E-state index contributed by atoms with van der Waals surface area (Å²) in [7, 11) is 0. The molecule has 4 heteroatoms. The van der Waals surface area contributed by atoms with Crippen molar-refractivity contribution in [2.45, 2.75) is 13.5 Å². The Labute approximate surface area is 89.3 Å². The number of rotatable bonds is 2. The average Bonchev–Trinajstić information content (AvgIpc) is 2.64. The van der Waals surface area contributed by atoms with Crippen LogP contribution in [0.1, 0.15) is 10.6 Å². The van der Waals surface area contributed by atoms with Gasteiger partial charge in [0.2, 0.25) is 0 Å². The van der Waals surface area contributed by atoms with E-state index in [1.807, 2.05) is 23.9 Å². The van der Waals surface area contributed by atoms with E-state index in [4.69, 9.17) is 0 Å². The van der Waals surface area contributed by atoms with Gasteiger partial charge in [-0.1, -0.05) is 0 Å². The predicted molar refractivity (Wildman–Crippen MR) is 58.1 cm³/mol. The molecule has 0 aliphatic carbocycles. The Morgan fingerprint density at radius 2 is 2.38 bits per heavy atom. The maximum absolute atomic E-state index is 4.33. The molecule has 0 amide bonds. The molecule has 0 radical (unpaired) electrons. The maximum Gasteiger partial charge on any atom is 0.0763 e. The van der Waals surface area contributed by atoms with Crippen LogP contribution in [0, 0.1) is 6.92 Å². The first-order valence-electron chi connectivity index (χ1n) is 3.97. The van der Waals surface area contributed by atoms with Crippen LogP contribution in [0.3, 0.4) is 0 Å². The molecule has 0 fully saturated rings. The van der Waals surface area contributed by atoms with Crippen LogP contribution in [0.15, 0.2) is 28.2 Å². The lowest BCUT2D eigenvalue weighted by atomic mass is 10.5. The Balaban J connectivity index is 2.19. The number of hydrogen-bond donors (Lipinski definition) is 0. The number of aromatic nitrogens is 2. The fourth-order valence-electron chi connectivity index (χ4n) is 1.14. The molecule has 0 aliphatic heterocycles. The van der Waals surface area contributed by atoms with Crippen LogP contribution in [-0.2, 0) is 6.54 Å². The molecule has 0 spiro atoms. The summed E-state index contributed by atoms with van der Waals surface area (Å²) < 4.78 is 3.12. The molecule has 2 rings (SSSR count). The van der Waals surface area contributed by atoms with Crippen molar-refractivity contribution < 1.29 is 0 Å². The Hall–Kier alpha value is -0.610. The summed E-state index contributed by atoms with van der Waals surface area (Å²) in [6, 6.07) is 4.08. The van der Waals surface area contributed by atoms with E-state index in [0.29, 0.717) is 0 Å². The van der Waals surface area contributed by atoms with Crippen LogP contribution >= 0.6 is 27.3 Å². The number of hydrogen-bond acceptors (Lipinski definition) is 2. The van der Waals surface area contributed by atoms with Gasteiger partial charge in [0.1, 0.15) is 0 Å². The van der Waals surface area contributed by atoms with E-state index in [-0.39, 0.29) is 0 Å². The fraction of sp³-hybridized carbons (Fsp3) is 0.222.